The van der Waals surface area contributed by atoms with Crippen molar-refractivity contribution in [3.63, 3.8) is 0 Å². The van der Waals surface area contributed by atoms with Crippen molar-refractivity contribution in [1.29, 1.82) is 0 Å². The number of ether oxygens (including phenoxy) is 1. The molecular weight excluding hydrogens is 270 g/mol. The molecule has 0 aromatic heterocycles. The molecule has 0 aliphatic heterocycles. The van der Waals surface area contributed by atoms with E-state index in [1.165, 1.54) is 5.56 Å². The van der Waals surface area contributed by atoms with Gasteiger partial charge in [-0.2, -0.15) is 0 Å². The predicted molar refractivity (Wildman–Crippen MR) is 84.8 cm³/mol. The molecule has 2 aromatic carbocycles. The number of benzene rings is 2. The molecule has 20 heavy (non-hydrogen) atoms. The highest BCUT2D eigenvalue weighted by Crippen LogP contribution is 2.28. The minimum absolute atomic E-state index is 0.123. The zero-order valence-electron chi connectivity index (χ0n) is 12.3. The second-order valence-electron chi connectivity index (χ2n) is 4.96. The van der Waals surface area contributed by atoms with Gasteiger partial charge in [-0.1, -0.05) is 35.9 Å². The Kier molecular flexibility index (Phi) is 4.69. The van der Waals surface area contributed by atoms with Gasteiger partial charge in [0.25, 0.3) is 0 Å². The summed E-state index contributed by atoms with van der Waals surface area (Å²) >= 11 is 6.23. The van der Waals surface area contributed by atoms with Crippen molar-refractivity contribution in [2.75, 3.05) is 14.2 Å². The zero-order valence-corrected chi connectivity index (χ0v) is 13.1. The maximum absolute atomic E-state index is 6.23. The lowest BCUT2D eigenvalue weighted by molar-refractivity contribution is 0.411. The van der Waals surface area contributed by atoms with Gasteiger partial charge in [0.15, 0.2) is 0 Å². The maximum Gasteiger partial charge on any atom is 0.121 e. The summed E-state index contributed by atoms with van der Waals surface area (Å²) in [5.41, 5.74) is 4.58. The highest BCUT2D eigenvalue weighted by molar-refractivity contribution is 6.31. The number of methoxy groups -OCH3 is 1. The van der Waals surface area contributed by atoms with Gasteiger partial charge in [0.2, 0.25) is 0 Å². The van der Waals surface area contributed by atoms with Crippen LogP contribution in [-0.2, 0) is 0 Å². The molecule has 0 amide bonds. The third-order valence-electron chi connectivity index (χ3n) is 3.57. The molecular formula is C17H20ClNO. The first kappa shape index (κ1) is 14.9. The number of halogens is 1. The maximum atomic E-state index is 6.23. The second-order valence-corrected chi connectivity index (χ2v) is 5.37. The fraction of sp³-hybridized carbons (Fsp3) is 0.294. The van der Waals surface area contributed by atoms with Crippen molar-refractivity contribution in [3.05, 3.63) is 63.7 Å². The molecule has 0 saturated heterocycles. The Morgan fingerprint density at radius 3 is 2.20 bits per heavy atom. The lowest BCUT2D eigenvalue weighted by atomic mass is 9.96. The molecule has 0 spiro atoms. The second kappa shape index (κ2) is 6.29. The third-order valence-corrected chi connectivity index (χ3v) is 3.98. The summed E-state index contributed by atoms with van der Waals surface area (Å²) in [6.07, 6.45) is 0. The average molecular weight is 290 g/mol. The van der Waals surface area contributed by atoms with Gasteiger partial charge < -0.3 is 10.1 Å². The summed E-state index contributed by atoms with van der Waals surface area (Å²) < 4.78 is 5.31. The Bertz CT molecular complexity index is 610. The molecule has 0 aliphatic rings. The molecule has 0 fully saturated rings. The molecule has 2 aromatic rings. The monoisotopic (exact) mass is 289 g/mol. The van der Waals surface area contributed by atoms with E-state index >= 15 is 0 Å². The smallest absolute Gasteiger partial charge is 0.121 e. The van der Waals surface area contributed by atoms with Crippen LogP contribution < -0.4 is 10.1 Å². The third kappa shape index (κ3) is 2.97. The van der Waals surface area contributed by atoms with Crippen molar-refractivity contribution < 1.29 is 4.74 Å². The van der Waals surface area contributed by atoms with Crippen LogP contribution in [0.1, 0.15) is 28.3 Å². The lowest BCUT2D eigenvalue weighted by Crippen LogP contribution is -2.17. The average Bonchev–Trinajstić information content (AvgIpc) is 2.44. The first-order chi connectivity index (χ1) is 9.56. The van der Waals surface area contributed by atoms with Gasteiger partial charge >= 0.3 is 0 Å². The molecule has 0 heterocycles. The Balaban J connectivity index is 2.41. The van der Waals surface area contributed by atoms with Crippen LogP contribution in [0.4, 0.5) is 0 Å². The Hall–Kier alpha value is -1.51. The molecule has 1 N–H and O–H groups in total. The summed E-state index contributed by atoms with van der Waals surface area (Å²) in [6.45, 7) is 4.06. The van der Waals surface area contributed by atoms with Gasteiger partial charge in [0.05, 0.1) is 13.2 Å². The number of hydrogen-bond donors (Lipinski definition) is 1. The van der Waals surface area contributed by atoms with E-state index < -0.39 is 0 Å². The summed E-state index contributed by atoms with van der Waals surface area (Å²) in [5, 5.41) is 4.15. The van der Waals surface area contributed by atoms with Gasteiger partial charge in [0.1, 0.15) is 5.75 Å². The number of rotatable bonds is 4. The van der Waals surface area contributed by atoms with Crippen molar-refractivity contribution in [2.45, 2.75) is 19.9 Å². The van der Waals surface area contributed by atoms with E-state index in [-0.39, 0.29) is 6.04 Å². The highest BCUT2D eigenvalue weighted by Gasteiger charge is 2.14. The number of nitrogens with one attached hydrogen (secondary N) is 1. The van der Waals surface area contributed by atoms with Crippen LogP contribution in [0.25, 0.3) is 0 Å². The van der Waals surface area contributed by atoms with Crippen molar-refractivity contribution in [1.82, 2.24) is 5.32 Å². The molecule has 0 bridgehead atoms. The first-order valence-corrected chi connectivity index (χ1v) is 7.02. The van der Waals surface area contributed by atoms with Crippen LogP contribution in [0, 0.1) is 13.8 Å². The van der Waals surface area contributed by atoms with Crippen LogP contribution in [-0.4, -0.2) is 14.2 Å². The summed E-state index contributed by atoms with van der Waals surface area (Å²) in [7, 11) is 3.65. The summed E-state index contributed by atoms with van der Waals surface area (Å²) in [6, 6.07) is 12.6. The van der Waals surface area contributed by atoms with Gasteiger partial charge in [-0.15, -0.1) is 0 Å². The van der Waals surface area contributed by atoms with Crippen LogP contribution >= 0.6 is 11.6 Å². The zero-order chi connectivity index (χ0) is 14.7. The minimum Gasteiger partial charge on any atom is -0.496 e. The molecule has 0 saturated carbocycles. The highest BCUT2D eigenvalue weighted by atomic mass is 35.5. The summed E-state index contributed by atoms with van der Waals surface area (Å²) in [5.74, 6) is 0.908. The molecule has 2 rings (SSSR count). The summed E-state index contributed by atoms with van der Waals surface area (Å²) in [4.78, 5) is 0. The van der Waals surface area contributed by atoms with E-state index in [2.05, 4.69) is 36.5 Å². The van der Waals surface area contributed by atoms with Crippen molar-refractivity contribution in [3.8, 4) is 5.75 Å². The quantitative estimate of drug-likeness (QED) is 0.907. The van der Waals surface area contributed by atoms with Gasteiger partial charge in [-0.05, 0) is 55.3 Å². The van der Waals surface area contributed by atoms with Crippen LogP contribution in [0.3, 0.4) is 0 Å². The first-order valence-electron chi connectivity index (χ1n) is 6.64. The van der Waals surface area contributed by atoms with Crippen molar-refractivity contribution >= 4 is 11.6 Å². The van der Waals surface area contributed by atoms with Crippen molar-refractivity contribution in [2.24, 2.45) is 0 Å². The van der Waals surface area contributed by atoms with Gasteiger partial charge in [-0.25, -0.2) is 0 Å². The van der Waals surface area contributed by atoms with Crippen LogP contribution in [0.15, 0.2) is 36.4 Å². The lowest BCUT2D eigenvalue weighted by Gasteiger charge is -2.19. The SMILES string of the molecule is CNC(c1ccc(OC)c(C)c1)c1ccc(C)c(Cl)c1. The van der Waals surface area contributed by atoms with E-state index in [0.29, 0.717) is 0 Å². The topological polar surface area (TPSA) is 21.3 Å². The fourth-order valence-electron chi connectivity index (χ4n) is 2.40. The molecule has 1 atom stereocenters. The van der Waals surface area contributed by atoms with E-state index in [0.717, 1.165) is 27.5 Å². The van der Waals surface area contributed by atoms with E-state index in [1.54, 1.807) is 7.11 Å². The van der Waals surface area contributed by atoms with Crippen LogP contribution in [0.5, 0.6) is 5.75 Å². The number of aryl methyl sites for hydroxylation is 2. The predicted octanol–water partition coefficient (Wildman–Crippen LogP) is 4.27. The standard InChI is InChI=1S/C17H20ClNO/c1-11-5-6-14(10-15(11)18)17(19-3)13-7-8-16(20-4)12(2)9-13/h5-10,17,19H,1-4H3. The number of hydrogen-bond acceptors (Lipinski definition) is 2. The largest absolute Gasteiger partial charge is 0.496 e. The molecule has 106 valence electrons. The van der Waals surface area contributed by atoms with Gasteiger partial charge in [-0.3, -0.25) is 0 Å². The fourth-order valence-corrected chi connectivity index (χ4v) is 2.58. The van der Waals surface area contributed by atoms with E-state index in [1.807, 2.05) is 26.1 Å². The van der Waals surface area contributed by atoms with Gasteiger partial charge in [0, 0.05) is 5.02 Å². The Morgan fingerprint density at radius 2 is 1.65 bits per heavy atom. The van der Waals surface area contributed by atoms with E-state index in [9.17, 15) is 0 Å². The van der Waals surface area contributed by atoms with E-state index in [4.69, 9.17) is 16.3 Å². The van der Waals surface area contributed by atoms with Crippen LogP contribution in [0.2, 0.25) is 5.02 Å². The Morgan fingerprint density at radius 1 is 1.00 bits per heavy atom. The minimum atomic E-state index is 0.123. The molecule has 3 heteroatoms. The molecule has 1 unspecified atom stereocenters. The normalized spacial score (nSPS) is 12.2. The molecule has 0 aliphatic carbocycles. The molecule has 2 nitrogen and oxygen atoms in total. The molecule has 0 radical (unpaired) electrons. The Labute approximate surface area is 125 Å².